The quantitative estimate of drug-likeness (QED) is 0.353. The maximum absolute atomic E-state index is 13.1. The zero-order valence-corrected chi connectivity index (χ0v) is 16.7. The van der Waals surface area contributed by atoms with E-state index in [9.17, 15) is 20.1 Å². The molecule has 0 amide bonds. The summed E-state index contributed by atoms with van der Waals surface area (Å²) in [5, 5.41) is 28.2. The van der Waals surface area contributed by atoms with E-state index in [1.807, 2.05) is 37.3 Å². The second-order valence-electron chi connectivity index (χ2n) is 7.81. The summed E-state index contributed by atoms with van der Waals surface area (Å²) in [5.74, 6) is -3.28. The predicted molar refractivity (Wildman–Crippen MR) is 112 cm³/mol. The second-order valence-corrected chi connectivity index (χ2v) is 7.81. The number of esters is 1. The van der Waals surface area contributed by atoms with Gasteiger partial charge >= 0.3 is 11.9 Å². The highest BCUT2D eigenvalue weighted by Gasteiger charge is 2.37. The van der Waals surface area contributed by atoms with E-state index in [1.54, 1.807) is 24.3 Å². The number of hydrogen-bond donors (Lipinski definition) is 3. The topological polar surface area (TPSA) is 87.0 Å². The number of carbonyl (C=O) groups excluding carboxylic acids is 1. The van der Waals surface area contributed by atoms with Crippen LogP contribution in [0.5, 0.6) is 5.75 Å². The van der Waals surface area contributed by atoms with Crippen LogP contribution >= 0.6 is 0 Å². The highest BCUT2D eigenvalue weighted by atomic mass is 16.7. The minimum Gasteiger partial charge on any atom is -0.426 e. The van der Waals surface area contributed by atoms with Crippen LogP contribution < -0.4 is 4.74 Å². The van der Waals surface area contributed by atoms with Crippen LogP contribution in [0.1, 0.15) is 40.2 Å². The fraction of sp³-hybridized carbons (Fsp3) is 0.240. The molecule has 3 aromatic rings. The standard InChI is InChI=1S/C25H24O5/c1-16-6-13-20(14-7-16)30-24(26)22-15-10-17-4-2-3-5-21(17)23(22)18-8-11-19(12-9-18)25(27,28)29/h2-9,11-14,22-23,27-29H,10,15H2,1H3. The second kappa shape index (κ2) is 8.03. The lowest BCUT2D eigenvalue weighted by Gasteiger charge is -2.33. The van der Waals surface area contributed by atoms with E-state index in [0.29, 0.717) is 12.2 Å². The molecule has 5 heteroatoms. The lowest BCUT2D eigenvalue weighted by molar-refractivity contribution is -0.323. The monoisotopic (exact) mass is 404 g/mol. The fourth-order valence-corrected chi connectivity index (χ4v) is 4.14. The molecule has 5 nitrogen and oxygen atoms in total. The van der Waals surface area contributed by atoms with Gasteiger partial charge in [-0.15, -0.1) is 0 Å². The molecule has 0 saturated carbocycles. The number of benzene rings is 3. The maximum atomic E-state index is 13.1. The molecule has 0 fully saturated rings. The Bertz CT molecular complexity index is 1030. The Labute approximate surface area is 175 Å². The summed E-state index contributed by atoms with van der Waals surface area (Å²) in [5.41, 5.74) is 4.15. The summed E-state index contributed by atoms with van der Waals surface area (Å²) >= 11 is 0. The molecule has 0 spiro atoms. The average molecular weight is 404 g/mol. The van der Waals surface area contributed by atoms with Crippen molar-refractivity contribution in [2.24, 2.45) is 5.92 Å². The third-order valence-corrected chi connectivity index (χ3v) is 5.72. The summed E-state index contributed by atoms with van der Waals surface area (Å²) < 4.78 is 5.69. The van der Waals surface area contributed by atoms with Crippen LogP contribution in [0.25, 0.3) is 0 Å². The lowest BCUT2D eigenvalue weighted by Crippen LogP contribution is -2.31. The fourth-order valence-electron chi connectivity index (χ4n) is 4.14. The Morgan fingerprint density at radius 3 is 2.27 bits per heavy atom. The summed E-state index contributed by atoms with van der Waals surface area (Å²) in [4.78, 5) is 13.1. The summed E-state index contributed by atoms with van der Waals surface area (Å²) in [6.45, 7) is 1.98. The zero-order chi connectivity index (χ0) is 21.3. The van der Waals surface area contributed by atoms with Crippen molar-refractivity contribution in [3.63, 3.8) is 0 Å². The van der Waals surface area contributed by atoms with E-state index in [1.165, 1.54) is 17.7 Å². The molecule has 0 radical (unpaired) electrons. The Morgan fingerprint density at radius 1 is 0.933 bits per heavy atom. The van der Waals surface area contributed by atoms with Crippen molar-refractivity contribution in [2.75, 3.05) is 0 Å². The number of fused-ring (bicyclic) bond motifs is 1. The van der Waals surface area contributed by atoms with E-state index < -0.39 is 5.97 Å². The van der Waals surface area contributed by atoms with E-state index in [0.717, 1.165) is 23.1 Å². The molecule has 30 heavy (non-hydrogen) atoms. The van der Waals surface area contributed by atoms with Gasteiger partial charge in [0.15, 0.2) is 0 Å². The van der Waals surface area contributed by atoms with Crippen molar-refractivity contribution in [3.05, 3.63) is 101 Å². The van der Waals surface area contributed by atoms with E-state index in [2.05, 4.69) is 6.07 Å². The molecule has 1 aliphatic rings. The number of carbonyl (C=O) groups is 1. The summed E-state index contributed by atoms with van der Waals surface area (Å²) in [6.07, 6.45) is 1.43. The first-order valence-electron chi connectivity index (χ1n) is 9.96. The third kappa shape index (κ3) is 4.14. The number of aliphatic hydroxyl groups is 3. The maximum Gasteiger partial charge on any atom is 0.315 e. The SMILES string of the molecule is Cc1ccc(OC(=O)C2CCc3ccccc3C2c2ccc(C(O)(O)O)cc2)cc1. The van der Waals surface area contributed by atoms with Gasteiger partial charge in [0.1, 0.15) is 5.75 Å². The molecule has 154 valence electrons. The van der Waals surface area contributed by atoms with E-state index in [4.69, 9.17) is 4.74 Å². The largest absolute Gasteiger partial charge is 0.426 e. The molecule has 0 saturated heterocycles. The zero-order valence-electron chi connectivity index (χ0n) is 16.7. The predicted octanol–water partition coefficient (Wildman–Crippen LogP) is 3.38. The van der Waals surface area contributed by atoms with Crippen LogP contribution in [0.15, 0.2) is 72.8 Å². The third-order valence-electron chi connectivity index (χ3n) is 5.72. The molecule has 0 heterocycles. The van der Waals surface area contributed by atoms with Crippen LogP contribution in [-0.2, 0) is 17.2 Å². The van der Waals surface area contributed by atoms with Crippen LogP contribution in [0.3, 0.4) is 0 Å². The number of aryl methyl sites for hydroxylation is 2. The molecule has 4 rings (SSSR count). The number of rotatable bonds is 4. The number of hydrogen-bond acceptors (Lipinski definition) is 5. The van der Waals surface area contributed by atoms with Crippen molar-refractivity contribution in [1.29, 1.82) is 0 Å². The smallest absolute Gasteiger partial charge is 0.315 e. The molecule has 0 aliphatic heterocycles. The van der Waals surface area contributed by atoms with Gasteiger partial charge in [0.25, 0.3) is 0 Å². The van der Waals surface area contributed by atoms with Crippen molar-refractivity contribution < 1.29 is 24.9 Å². The van der Waals surface area contributed by atoms with Gasteiger partial charge in [-0.2, -0.15) is 0 Å². The van der Waals surface area contributed by atoms with Gasteiger partial charge in [0, 0.05) is 11.5 Å². The summed E-state index contributed by atoms with van der Waals surface area (Å²) in [7, 11) is 0. The molecule has 0 bridgehead atoms. The van der Waals surface area contributed by atoms with Gasteiger partial charge in [-0.05, 0) is 48.6 Å². The van der Waals surface area contributed by atoms with Crippen LogP contribution in [0.4, 0.5) is 0 Å². The van der Waals surface area contributed by atoms with Crippen molar-refractivity contribution in [3.8, 4) is 5.75 Å². The summed E-state index contributed by atoms with van der Waals surface area (Å²) in [6, 6.07) is 21.7. The molecule has 2 unspecified atom stereocenters. The van der Waals surface area contributed by atoms with Gasteiger partial charge in [-0.25, -0.2) is 0 Å². The molecular weight excluding hydrogens is 380 g/mol. The minimum atomic E-state index is -2.90. The van der Waals surface area contributed by atoms with Gasteiger partial charge in [-0.3, -0.25) is 4.79 Å². The average Bonchev–Trinajstić information content (AvgIpc) is 2.74. The molecule has 3 aromatic carbocycles. The van der Waals surface area contributed by atoms with Crippen LogP contribution in [0.2, 0.25) is 0 Å². The van der Waals surface area contributed by atoms with Gasteiger partial charge in [0.2, 0.25) is 0 Å². The van der Waals surface area contributed by atoms with Crippen LogP contribution in [0, 0.1) is 12.8 Å². The van der Waals surface area contributed by atoms with Crippen molar-refractivity contribution >= 4 is 5.97 Å². The Hall–Kier alpha value is -2.99. The van der Waals surface area contributed by atoms with Gasteiger partial charge in [0.05, 0.1) is 5.92 Å². The van der Waals surface area contributed by atoms with Gasteiger partial charge < -0.3 is 20.1 Å². The highest BCUT2D eigenvalue weighted by molar-refractivity contribution is 5.78. The molecule has 0 aromatic heterocycles. The Morgan fingerprint density at radius 2 is 1.60 bits per heavy atom. The molecular formula is C25H24O5. The van der Waals surface area contributed by atoms with Crippen molar-refractivity contribution in [1.82, 2.24) is 0 Å². The normalized spacial score (nSPS) is 18.5. The molecule has 3 N–H and O–H groups in total. The van der Waals surface area contributed by atoms with Gasteiger partial charge in [-0.1, -0.05) is 66.2 Å². The van der Waals surface area contributed by atoms with Crippen molar-refractivity contribution in [2.45, 2.75) is 31.7 Å². The van der Waals surface area contributed by atoms with E-state index in [-0.39, 0.29) is 23.4 Å². The first-order chi connectivity index (χ1) is 14.3. The number of ether oxygens (including phenoxy) is 1. The molecule has 2 atom stereocenters. The Balaban J connectivity index is 1.68. The van der Waals surface area contributed by atoms with Crippen LogP contribution in [-0.4, -0.2) is 21.3 Å². The molecule has 1 aliphatic carbocycles. The highest BCUT2D eigenvalue weighted by Crippen LogP contribution is 2.42. The first-order valence-corrected chi connectivity index (χ1v) is 9.96. The first kappa shape index (κ1) is 20.3. The lowest BCUT2D eigenvalue weighted by atomic mass is 9.72. The van der Waals surface area contributed by atoms with E-state index >= 15 is 0 Å². The Kier molecular flexibility index (Phi) is 5.43. The minimum absolute atomic E-state index is 0.0332.